The molecule has 1 saturated heterocycles. The molecule has 10 heteroatoms. The predicted molar refractivity (Wildman–Crippen MR) is 68.8 cm³/mol. The van der Waals surface area contributed by atoms with E-state index in [2.05, 4.69) is 0 Å². The maximum absolute atomic E-state index is 13.0. The quantitative estimate of drug-likeness (QED) is 0.624. The summed E-state index contributed by atoms with van der Waals surface area (Å²) in [6.45, 7) is -0.560. The van der Waals surface area contributed by atoms with E-state index in [1.165, 1.54) is 7.11 Å². The first-order chi connectivity index (χ1) is 10.0. The Balaban J connectivity index is 2.45. The zero-order chi connectivity index (χ0) is 16.7. The lowest BCUT2D eigenvalue weighted by atomic mass is 10.1. The summed E-state index contributed by atoms with van der Waals surface area (Å²) >= 11 is 0. The number of nitrogens with zero attached hydrogens (tertiary/aromatic N) is 1. The Kier molecular flexibility index (Phi) is 4.07. The summed E-state index contributed by atoms with van der Waals surface area (Å²) < 4.78 is 77.9. The van der Waals surface area contributed by atoms with Gasteiger partial charge >= 0.3 is 16.4 Å². The van der Waals surface area contributed by atoms with E-state index in [1.807, 2.05) is 0 Å². The van der Waals surface area contributed by atoms with Crippen LogP contribution in [0.2, 0.25) is 0 Å². The molecule has 0 radical (unpaired) electrons. The van der Waals surface area contributed by atoms with Gasteiger partial charge in [-0.15, -0.1) is 3.89 Å². The Morgan fingerprint density at radius 1 is 1.32 bits per heavy atom. The third-order valence-corrected chi connectivity index (χ3v) is 4.40. The summed E-state index contributed by atoms with van der Waals surface area (Å²) in [7, 11) is -3.77. The van der Waals surface area contributed by atoms with Crippen molar-refractivity contribution >= 4 is 21.8 Å². The zero-order valence-electron chi connectivity index (χ0n) is 11.2. The van der Waals surface area contributed by atoms with Crippen LogP contribution in [0.4, 0.5) is 22.7 Å². The van der Waals surface area contributed by atoms with E-state index >= 15 is 0 Å². The number of methoxy groups -OCH3 is 1. The molecule has 1 aliphatic rings. The van der Waals surface area contributed by atoms with Gasteiger partial charge in [0.15, 0.2) is 0 Å². The van der Waals surface area contributed by atoms with Crippen LogP contribution < -0.4 is 9.64 Å². The lowest BCUT2D eigenvalue weighted by molar-refractivity contribution is -0.137. The third kappa shape index (κ3) is 3.16. The van der Waals surface area contributed by atoms with Gasteiger partial charge in [-0.05, 0) is 18.2 Å². The van der Waals surface area contributed by atoms with Gasteiger partial charge in [0.2, 0.25) is 5.91 Å². The minimum absolute atomic E-state index is 0.0433. The molecule has 1 unspecified atom stereocenters. The van der Waals surface area contributed by atoms with Crippen molar-refractivity contribution in [1.29, 1.82) is 0 Å². The van der Waals surface area contributed by atoms with Crippen LogP contribution in [0.5, 0.6) is 5.75 Å². The molecule has 0 N–H and O–H groups in total. The minimum atomic E-state index is -4.96. The van der Waals surface area contributed by atoms with Gasteiger partial charge in [0.25, 0.3) is 0 Å². The molecule has 1 fully saturated rings. The van der Waals surface area contributed by atoms with Crippen molar-refractivity contribution in [2.45, 2.75) is 17.8 Å². The molecule has 122 valence electrons. The molecule has 2 rings (SSSR count). The molecule has 1 amide bonds. The summed E-state index contributed by atoms with van der Waals surface area (Å²) in [5, 5.41) is -1.60. The fraction of sp³-hybridized carbons (Fsp3) is 0.417. The number of amides is 1. The van der Waals surface area contributed by atoms with E-state index < -0.39 is 46.1 Å². The standard InChI is InChI=1S/C12H11F4NO4S/c1-21-10-3-2-7(12(13,14)15)4-9(10)17-6-8(5-11(17)18)22(16,19)20/h2-4,8H,5-6H2,1H3. The molecule has 0 aliphatic carbocycles. The summed E-state index contributed by atoms with van der Waals surface area (Å²) in [4.78, 5) is 12.6. The van der Waals surface area contributed by atoms with Crippen LogP contribution >= 0.6 is 0 Å². The molecule has 1 aliphatic heterocycles. The maximum Gasteiger partial charge on any atom is 0.416 e. The number of anilines is 1. The molecular weight excluding hydrogens is 330 g/mol. The lowest BCUT2D eigenvalue weighted by Crippen LogP contribution is -2.27. The summed E-state index contributed by atoms with van der Waals surface area (Å²) in [5.74, 6) is -0.831. The van der Waals surface area contributed by atoms with Crippen molar-refractivity contribution in [3.63, 3.8) is 0 Å². The minimum Gasteiger partial charge on any atom is -0.495 e. The molecular formula is C12H11F4NO4S. The van der Waals surface area contributed by atoms with E-state index in [-0.39, 0.29) is 11.4 Å². The van der Waals surface area contributed by atoms with Crippen molar-refractivity contribution in [2.75, 3.05) is 18.6 Å². The molecule has 5 nitrogen and oxygen atoms in total. The second kappa shape index (κ2) is 5.41. The molecule has 22 heavy (non-hydrogen) atoms. The number of halogens is 4. The highest BCUT2D eigenvalue weighted by Gasteiger charge is 2.41. The Morgan fingerprint density at radius 2 is 1.95 bits per heavy atom. The molecule has 0 saturated carbocycles. The van der Waals surface area contributed by atoms with E-state index in [4.69, 9.17) is 4.74 Å². The number of benzene rings is 1. The first-order valence-corrected chi connectivity index (χ1v) is 7.47. The second-order valence-electron chi connectivity index (χ2n) is 4.69. The highest BCUT2D eigenvalue weighted by molar-refractivity contribution is 7.87. The summed E-state index contributed by atoms with van der Waals surface area (Å²) in [6, 6.07) is 2.46. The first-order valence-electron chi connectivity index (χ1n) is 6.03. The molecule has 1 aromatic rings. The number of carbonyl (C=O) groups is 1. The number of hydrogen-bond donors (Lipinski definition) is 0. The van der Waals surface area contributed by atoms with Crippen LogP contribution in [0.3, 0.4) is 0 Å². The molecule has 1 atom stereocenters. The Morgan fingerprint density at radius 3 is 2.41 bits per heavy atom. The molecule has 0 spiro atoms. The number of carbonyl (C=O) groups excluding carboxylic acids is 1. The fourth-order valence-electron chi connectivity index (χ4n) is 2.17. The lowest BCUT2D eigenvalue weighted by Gasteiger charge is -2.20. The smallest absolute Gasteiger partial charge is 0.416 e. The normalized spacial score (nSPS) is 19.6. The fourth-order valence-corrected chi connectivity index (χ4v) is 2.84. The average molecular weight is 341 g/mol. The second-order valence-corrected chi connectivity index (χ2v) is 6.31. The van der Waals surface area contributed by atoms with Crippen molar-refractivity contribution < 1.29 is 35.0 Å². The van der Waals surface area contributed by atoms with Crippen LogP contribution in [0.1, 0.15) is 12.0 Å². The molecule has 0 aromatic heterocycles. The van der Waals surface area contributed by atoms with Crippen molar-refractivity contribution in [3.05, 3.63) is 23.8 Å². The van der Waals surface area contributed by atoms with Crippen molar-refractivity contribution in [1.82, 2.24) is 0 Å². The molecule has 1 heterocycles. The summed E-state index contributed by atoms with van der Waals surface area (Å²) in [6.07, 6.45) is -5.27. The van der Waals surface area contributed by atoms with E-state index in [0.29, 0.717) is 6.07 Å². The van der Waals surface area contributed by atoms with Gasteiger partial charge in [-0.3, -0.25) is 4.79 Å². The van der Waals surface area contributed by atoms with Gasteiger partial charge in [0.1, 0.15) is 11.0 Å². The van der Waals surface area contributed by atoms with Crippen molar-refractivity contribution in [2.24, 2.45) is 0 Å². The van der Waals surface area contributed by atoms with Gasteiger partial charge in [-0.2, -0.15) is 21.6 Å². The van der Waals surface area contributed by atoms with Crippen LogP contribution in [0.25, 0.3) is 0 Å². The number of alkyl halides is 3. The SMILES string of the molecule is COc1ccc(C(F)(F)F)cc1N1CC(S(=O)(=O)F)CC1=O. The molecule has 0 bridgehead atoms. The number of rotatable bonds is 3. The van der Waals surface area contributed by atoms with Gasteiger partial charge in [-0.1, -0.05) is 0 Å². The molecule has 1 aromatic carbocycles. The van der Waals surface area contributed by atoms with E-state index in [9.17, 15) is 30.3 Å². The summed E-state index contributed by atoms with van der Waals surface area (Å²) in [5.41, 5.74) is -1.27. The van der Waals surface area contributed by atoms with E-state index in [1.54, 1.807) is 0 Å². The van der Waals surface area contributed by atoms with E-state index in [0.717, 1.165) is 17.0 Å². The van der Waals surface area contributed by atoms with Gasteiger partial charge in [0, 0.05) is 13.0 Å². The Bertz CT molecular complexity index is 702. The van der Waals surface area contributed by atoms with Crippen LogP contribution in [-0.4, -0.2) is 33.2 Å². The Labute approximate surface area is 123 Å². The topological polar surface area (TPSA) is 63.7 Å². The average Bonchev–Trinajstić information content (AvgIpc) is 2.79. The van der Waals surface area contributed by atoms with Crippen LogP contribution in [0.15, 0.2) is 18.2 Å². The van der Waals surface area contributed by atoms with Crippen molar-refractivity contribution in [3.8, 4) is 5.75 Å². The first kappa shape index (κ1) is 16.5. The third-order valence-electron chi connectivity index (χ3n) is 3.28. The van der Waals surface area contributed by atoms with Crippen LogP contribution in [0, 0.1) is 0 Å². The predicted octanol–water partition coefficient (Wildman–Crippen LogP) is 2.12. The number of ether oxygens (including phenoxy) is 1. The highest BCUT2D eigenvalue weighted by Crippen LogP contribution is 2.38. The van der Waals surface area contributed by atoms with Crippen LogP contribution in [-0.2, 0) is 21.2 Å². The maximum atomic E-state index is 13.0. The highest BCUT2D eigenvalue weighted by atomic mass is 32.3. The Hall–Kier alpha value is -1.84. The zero-order valence-corrected chi connectivity index (χ0v) is 12.0. The number of hydrogen-bond acceptors (Lipinski definition) is 4. The largest absolute Gasteiger partial charge is 0.495 e. The van der Waals surface area contributed by atoms with Gasteiger partial charge < -0.3 is 9.64 Å². The van der Waals surface area contributed by atoms with Gasteiger partial charge in [0.05, 0.1) is 18.4 Å². The monoisotopic (exact) mass is 341 g/mol. The van der Waals surface area contributed by atoms with Gasteiger partial charge in [-0.25, -0.2) is 0 Å².